The Kier molecular flexibility index (Phi) is 5.52. The van der Waals surface area contributed by atoms with Crippen LogP contribution in [0.4, 0.5) is 0 Å². The molecule has 0 saturated heterocycles. The van der Waals surface area contributed by atoms with Gasteiger partial charge in [-0.2, -0.15) is 0 Å². The van der Waals surface area contributed by atoms with Crippen LogP contribution in [-0.2, 0) is 11.0 Å². The summed E-state index contributed by atoms with van der Waals surface area (Å²) in [5, 5.41) is 11.8. The van der Waals surface area contributed by atoms with Gasteiger partial charge in [0.05, 0.1) is 41.2 Å². The van der Waals surface area contributed by atoms with Crippen LogP contribution in [-0.4, -0.2) is 23.0 Å². The highest BCUT2D eigenvalue weighted by molar-refractivity contribution is 6.74. The molecule has 0 radical (unpaired) electrons. The lowest BCUT2D eigenvalue weighted by Crippen LogP contribution is -2.42. The number of nitrogens with zero attached hydrogens (tertiary/aromatic N) is 2. The molecule has 3 aromatic rings. The third-order valence-corrected chi connectivity index (χ3v) is 11.5. The number of aliphatic hydroxyl groups excluding tert-OH is 1. The Labute approximate surface area is 190 Å². The lowest BCUT2D eigenvalue weighted by atomic mass is 9.99. The summed E-state index contributed by atoms with van der Waals surface area (Å²) in [5.41, 5.74) is 4.34. The lowest BCUT2D eigenvalue weighted by Gasteiger charge is -2.38. The Bertz CT molecular complexity index is 1270. The second kappa shape index (κ2) is 7.80. The van der Waals surface area contributed by atoms with Crippen molar-refractivity contribution in [2.24, 2.45) is 0 Å². The Hall–Kier alpha value is -2.54. The number of hydrogen-bond donors (Lipinski definition) is 1. The first kappa shape index (κ1) is 22.6. The number of para-hydroxylation sites is 1. The van der Waals surface area contributed by atoms with E-state index >= 15 is 0 Å². The predicted molar refractivity (Wildman–Crippen MR) is 132 cm³/mol. The van der Waals surface area contributed by atoms with Crippen LogP contribution in [0.5, 0.6) is 0 Å². The number of pyridine rings is 2. The first-order chi connectivity index (χ1) is 14.9. The minimum Gasteiger partial charge on any atom is -0.410 e. The van der Waals surface area contributed by atoms with Gasteiger partial charge >= 0.3 is 0 Å². The quantitative estimate of drug-likeness (QED) is 0.313. The fourth-order valence-electron chi connectivity index (χ4n) is 4.16. The highest BCUT2D eigenvalue weighted by atomic mass is 28.4. The van der Waals surface area contributed by atoms with Crippen molar-refractivity contribution in [1.29, 1.82) is 0 Å². The van der Waals surface area contributed by atoms with Gasteiger partial charge < -0.3 is 14.1 Å². The van der Waals surface area contributed by atoms with Crippen molar-refractivity contribution in [2.45, 2.75) is 64.6 Å². The molecule has 168 valence electrons. The summed E-state index contributed by atoms with van der Waals surface area (Å²) in [7, 11) is -2.13. The average molecular weight is 449 g/mol. The van der Waals surface area contributed by atoms with Crippen LogP contribution >= 0.6 is 0 Å². The summed E-state index contributed by atoms with van der Waals surface area (Å²) >= 11 is 0. The van der Waals surface area contributed by atoms with Crippen LogP contribution in [0, 0.1) is 0 Å². The minimum atomic E-state index is -2.13. The second-order valence-corrected chi connectivity index (χ2v) is 14.9. The van der Waals surface area contributed by atoms with Crippen molar-refractivity contribution in [3.8, 4) is 11.4 Å². The molecule has 1 N–H and O–H groups in total. The van der Waals surface area contributed by atoms with Gasteiger partial charge in [0.25, 0.3) is 5.56 Å². The standard InChI is InChI=1S/C26H32N2O3Si/c1-8-22(29)19-14-21-24-18(13-17-11-9-10-12-20(17)27-24)15-28(21)25(30)23(19)16(2)31-32(6,7)26(3,4)5/h8-14,16,22,29H,1,15H2,2-7H3. The Morgan fingerprint density at radius 3 is 2.59 bits per heavy atom. The van der Waals surface area contributed by atoms with Gasteiger partial charge in [-0.25, -0.2) is 4.98 Å². The van der Waals surface area contributed by atoms with Gasteiger partial charge in [0, 0.05) is 10.9 Å². The van der Waals surface area contributed by atoms with Crippen LogP contribution in [0.1, 0.15) is 56.6 Å². The Balaban J connectivity index is 1.88. The zero-order chi connectivity index (χ0) is 23.4. The molecule has 0 bridgehead atoms. The molecule has 0 spiro atoms. The van der Waals surface area contributed by atoms with E-state index in [1.54, 1.807) is 4.57 Å². The number of aliphatic hydroxyl groups is 1. The van der Waals surface area contributed by atoms with Gasteiger partial charge in [-0.15, -0.1) is 6.58 Å². The molecule has 3 heterocycles. The number of aromatic nitrogens is 2. The summed E-state index contributed by atoms with van der Waals surface area (Å²) in [6.07, 6.45) is 0.0537. The first-order valence-corrected chi connectivity index (χ1v) is 14.0. The summed E-state index contributed by atoms with van der Waals surface area (Å²) in [5.74, 6) is 0. The minimum absolute atomic E-state index is 0.00561. The first-order valence-electron chi connectivity index (χ1n) is 11.1. The SMILES string of the molecule is C=CC(O)c1cc2n(c(=O)c1C(C)O[Si](C)(C)C(C)(C)C)Cc1cc3ccccc3nc1-2. The summed E-state index contributed by atoms with van der Waals surface area (Å²) < 4.78 is 8.33. The fourth-order valence-corrected chi connectivity index (χ4v) is 5.52. The van der Waals surface area contributed by atoms with Gasteiger partial charge in [0.15, 0.2) is 8.32 Å². The van der Waals surface area contributed by atoms with Crippen molar-refractivity contribution in [1.82, 2.24) is 9.55 Å². The molecule has 0 amide bonds. The molecule has 32 heavy (non-hydrogen) atoms. The molecule has 4 rings (SSSR count). The molecule has 5 nitrogen and oxygen atoms in total. The molecule has 0 saturated carbocycles. The monoisotopic (exact) mass is 448 g/mol. The molecule has 0 aliphatic carbocycles. The summed E-state index contributed by atoms with van der Waals surface area (Å²) in [4.78, 5) is 18.6. The molecule has 2 atom stereocenters. The van der Waals surface area contributed by atoms with Crippen LogP contribution in [0.25, 0.3) is 22.3 Å². The predicted octanol–water partition coefficient (Wildman–Crippen LogP) is 5.73. The largest absolute Gasteiger partial charge is 0.410 e. The summed E-state index contributed by atoms with van der Waals surface area (Å²) in [6, 6.07) is 11.9. The van der Waals surface area contributed by atoms with Crippen molar-refractivity contribution in [3.63, 3.8) is 0 Å². The van der Waals surface area contributed by atoms with E-state index in [-0.39, 0.29) is 10.6 Å². The third kappa shape index (κ3) is 3.66. The molecular weight excluding hydrogens is 416 g/mol. The maximum Gasteiger partial charge on any atom is 0.257 e. The normalized spacial score (nSPS) is 15.3. The highest BCUT2D eigenvalue weighted by Crippen LogP contribution is 2.41. The van der Waals surface area contributed by atoms with Crippen molar-refractivity contribution < 1.29 is 9.53 Å². The van der Waals surface area contributed by atoms with E-state index in [0.29, 0.717) is 17.7 Å². The fraction of sp³-hybridized carbons (Fsp3) is 0.385. The zero-order valence-corrected chi connectivity index (χ0v) is 20.8. The molecule has 0 fully saturated rings. The van der Waals surface area contributed by atoms with E-state index in [1.165, 1.54) is 6.08 Å². The van der Waals surface area contributed by atoms with Crippen LogP contribution in [0.3, 0.4) is 0 Å². The molecule has 6 heteroatoms. The topological polar surface area (TPSA) is 64.4 Å². The van der Waals surface area contributed by atoms with Gasteiger partial charge in [-0.05, 0) is 48.8 Å². The van der Waals surface area contributed by atoms with Crippen molar-refractivity contribution in [2.75, 3.05) is 0 Å². The van der Waals surface area contributed by atoms with Crippen LogP contribution in [0.2, 0.25) is 18.1 Å². The molecular formula is C26H32N2O3Si. The van der Waals surface area contributed by atoms with Crippen molar-refractivity contribution in [3.05, 3.63) is 76.1 Å². The molecule has 1 aliphatic heterocycles. The molecule has 1 aromatic carbocycles. The molecule has 1 aliphatic rings. The number of hydrogen-bond acceptors (Lipinski definition) is 4. The van der Waals surface area contributed by atoms with E-state index < -0.39 is 20.5 Å². The smallest absolute Gasteiger partial charge is 0.257 e. The van der Waals surface area contributed by atoms with Gasteiger partial charge in [-0.3, -0.25) is 4.79 Å². The number of rotatable bonds is 5. The lowest BCUT2D eigenvalue weighted by molar-refractivity contribution is 0.187. The number of benzene rings is 1. The average Bonchev–Trinajstić information content (AvgIpc) is 3.08. The van der Waals surface area contributed by atoms with E-state index in [0.717, 1.165) is 27.9 Å². The highest BCUT2D eigenvalue weighted by Gasteiger charge is 2.40. The van der Waals surface area contributed by atoms with E-state index in [4.69, 9.17) is 9.41 Å². The molecule has 2 aromatic heterocycles. The summed E-state index contributed by atoms with van der Waals surface area (Å²) in [6.45, 7) is 17.0. The van der Waals surface area contributed by atoms with E-state index in [1.807, 2.05) is 37.3 Å². The number of fused-ring (bicyclic) bond motifs is 4. The van der Waals surface area contributed by atoms with Gasteiger partial charge in [0.2, 0.25) is 0 Å². The van der Waals surface area contributed by atoms with E-state index in [2.05, 4.69) is 46.5 Å². The van der Waals surface area contributed by atoms with Gasteiger partial charge in [-0.1, -0.05) is 45.0 Å². The maximum atomic E-state index is 13.8. The Morgan fingerprint density at radius 2 is 1.94 bits per heavy atom. The van der Waals surface area contributed by atoms with Crippen LogP contribution in [0.15, 0.2) is 53.8 Å². The van der Waals surface area contributed by atoms with E-state index in [9.17, 15) is 9.90 Å². The van der Waals surface area contributed by atoms with Gasteiger partial charge in [0.1, 0.15) is 0 Å². The van der Waals surface area contributed by atoms with Crippen molar-refractivity contribution >= 4 is 19.2 Å². The molecule has 2 unspecified atom stereocenters. The second-order valence-electron chi connectivity index (χ2n) is 10.2. The zero-order valence-electron chi connectivity index (χ0n) is 19.8. The van der Waals surface area contributed by atoms with Crippen LogP contribution < -0.4 is 5.56 Å². The Morgan fingerprint density at radius 1 is 1.25 bits per heavy atom. The third-order valence-electron chi connectivity index (χ3n) is 6.97. The maximum absolute atomic E-state index is 13.8.